The standard InChI is InChI=1S/C19H23N2/c1-3-7-16(8-4-1)18-15-19(18)21(13-5-2-6-14-21)17-9-11-20-12-10-17/h1,3-4,7-12,18-19H,2,5-6,13-15H2/q+1/t18-,19+/m0/s1. The van der Waals surface area contributed by atoms with Gasteiger partial charge in [0.2, 0.25) is 0 Å². The molecule has 1 aromatic heterocycles. The smallest absolute Gasteiger partial charge is 0.136 e. The molecule has 1 aromatic carbocycles. The fourth-order valence-corrected chi connectivity index (χ4v) is 4.29. The maximum atomic E-state index is 4.22. The Labute approximate surface area is 127 Å². The number of nitrogens with zero attached hydrogens (tertiary/aromatic N) is 2. The summed E-state index contributed by atoms with van der Waals surface area (Å²) >= 11 is 0. The summed E-state index contributed by atoms with van der Waals surface area (Å²) in [5, 5.41) is 0. The van der Waals surface area contributed by atoms with Crippen LogP contribution in [0.2, 0.25) is 0 Å². The minimum Gasteiger partial charge on any atom is -0.288 e. The summed E-state index contributed by atoms with van der Waals surface area (Å²) in [4.78, 5) is 4.22. The van der Waals surface area contributed by atoms with Crippen molar-refractivity contribution in [3.63, 3.8) is 0 Å². The van der Waals surface area contributed by atoms with Gasteiger partial charge in [-0.15, -0.1) is 0 Å². The minimum absolute atomic E-state index is 0.748. The molecule has 1 saturated heterocycles. The van der Waals surface area contributed by atoms with Crippen molar-refractivity contribution >= 4 is 5.69 Å². The van der Waals surface area contributed by atoms with Crippen LogP contribution in [0.3, 0.4) is 0 Å². The first kappa shape index (κ1) is 13.0. The molecule has 21 heavy (non-hydrogen) atoms. The van der Waals surface area contributed by atoms with Crippen LogP contribution in [0.25, 0.3) is 0 Å². The summed E-state index contributed by atoms with van der Waals surface area (Å²) in [6.07, 6.45) is 9.38. The first-order valence-electron chi connectivity index (χ1n) is 8.22. The number of benzene rings is 1. The molecule has 0 spiro atoms. The number of likely N-dealkylation sites (tertiary alicyclic amines) is 1. The third-order valence-corrected chi connectivity index (χ3v) is 5.41. The molecule has 0 radical (unpaired) electrons. The van der Waals surface area contributed by atoms with E-state index in [0.717, 1.165) is 12.0 Å². The second kappa shape index (κ2) is 5.27. The predicted molar refractivity (Wildman–Crippen MR) is 87.2 cm³/mol. The molecule has 0 unspecified atom stereocenters. The molecule has 1 aliphatic heterocycles. The van der Waals surface area contributed by atoms with Crippen molar-refractivity contribution in [1.29, 1.82) is 0 Å². The molecule has 2 aromatic rings. The predicted octanol–water partition coefficient (Wildman–Crippen LogP) is 4.13. The Bertz CT molecular complexity index is 587. The van der Waals surface area contributed by atoms with Gasteiger partial charge in [-0.25, -0.2) is 0 Å². The minimum atomic E-state index is 0.748. The summed E-state index contributed by atoms with van der Waals surface area (Å²) in [5.41, 5.74) is 3.01. The molecule has 2 fully saturated rings. The van der Waals surface area contributed by atoms with Crippen LogP contribution in [-0.2, 0) is 0 Å². The maximum absolute atomic E-state index is 4.22. The van der Waals surface area contributed by atoms with E-state index in [0.29, 0.717) is 0 Å². The number of aromatic nitrogens is 1. The van der Waals surface area contributed by atoms with Crippen molar-refractivity contribution in [3.05, 3.63) is 60.4 Å². The summed E-state index contributed by atoms with van der Waals surface area (Å²) in [5.74, 6) is 0.748. The van der Waals surface area contributed by atoms with E-state index in [1.165, 1.54) is 54.5 Å². The molecule has 4 rings (SSSR count). The quantitative estimate of drug-likeness (QED) is 0.770. The summed E-state index contributed by atoms with van der Waals surface area (Å²) in [6.45, 7) is 2.61. The van der Waals surface area contributed by atoms with Crippen molar-refractivity contribution in [3.8, 4) is 0 Å². The van der Waals surface area contributed by atoms with E-state index < -0.39 is 0 Å². The van der Waals surface area contributed by atoms with Crippen LogP contribution >= 0.6 is 0 Å². The molecule has 2 heterocycles. The molecule has 1 saturated carbocycles. The van der Waals surface area contributed by atoms with E-state index in [4.69, 9.17) is 0 Å². The molecule has 0 bridgehead atoms. The van der Waals surface area contributed by atoms with Crippen LogP contribution in [-0.4, -0.2) is 24.1 Å². The van der Waals surface area contributed by atoms with Gasteiger partial charge in [0, 0.05) is 36.9 Å². The highest BCUT2D eigenvalue weighted by Crippen LogP contribution is 2.51. The monoisotopic (exact) mass is 279 g/mol. The Morgan fingerprint density at radius 3 is 2.29 bits per heavy atom. The van der Waals surface area contributed by atoms with Crippen LogP contribution in [0.15, 0.2) is 54.9 Å². The van der Waals surface area contributed by atoms with Crippen molar-refractivity contribution in [2.24, 2.45) is 0 Å². The highest BCUT2D eigenvalue weighted by molar-refractivity contribution is 5.46. The van der Waals surface area contributed by atoms with E-state index in [9.17, 15) is 0 Å². The fourth-order valence-electron chi connectivity index (χ4n) is 4.29. The molecule has 0 amide bonds. The van der Waals surface area contributed by atoms with Crippen molar-refractivity contribution in [2.75, 3.05) is 13.1 Å². The molecule has 2 atom stereocenters. The number of rotatable bonds is 3. The molecular weight excluding hydrogens is 256 g/mol. The van der Waals surface area contributed by atoms with Crippen LogP contribution in [0.4, 0.5) is 5.69 Å². The zero-order chi connectivity index (χ0) is 14.1. The number of piperidine rings is 1. The normalized spacial score (nSPS) is 27.2. The average molecular weight is 279 g/mol. The van der Waals surface area contributed by atoms with Crippen LogP contribution in [0.5, 0.6) is 0 Å². The molecule has 0 N–H and O–H groups in total. The van der Waals surface area contributed by atoms with Gasteiger partial charge in [0.25, 0.3) is 0 Å². The van der Waals surface area contributed by atoms with E-state index in [2.05, 4.69) is 47.4 Å². The molecule has 2 nitrogen and oxygen atoms in total. The van der Waals surface area contributed by atoms with Gasteiger partial charge in [-0.2, -0.15) is 0 Å². The highest BCUT2D eigenvalue weighted by Gasteiger charge is 2.55. The van der Waals surface area contributed by atoms with Crippen LogP contribution in [0, 0.1) is 0 Å². The van der Waals surface area contributed by atoms with Crippen LogP contribution in [0.1, 0.15) is 37.2 Å². The Balaban J connectivity index is 1.66. The van der Waals surface area contributed by atoms with Crippen molar-refractivity contribution in [2.45, 2.75) is 37.6 Å². The second-order valence-electron chi connectivity index (χ2n) is 6.57. The zero-order valence-corrected chi connectivity index (χ0v) is 12.5. The maximum Gasteiger partial charge on any atom is 0.136 e. The average Bonchev–Trinajstić information content (AvgIpc) is 3.38. The largest absolute Gasteiger partial charge is 0.288 e. The number of hydrogen-bond acceptors (Lipinski definition) is 1. The van der Waals surface area contributed by atoms with Gasteiger partial charge in [0.05, 0.1) is 13.1 Å². The zero-order valence-electron chi connectivity index (χ0n) is 12.5. The molecule has 2 heteroatoms. The van der Waals surface area contributed by atoms with E-state index in [1.807, 2.05) is 12.4 Å². The number of pyridine rings is 1. The van der Waals surface area contributed by atoms with E-state index in [1.54, 1.807) is 0 Å². The summed E-state index contributed by atoms with van der Waals surface area (Å²) < 4.78 is 1.20. The second-order valence-corrected chi connectivity index (χ2v) is 6.57. The van der Waals surface area contributed by atoms with Crippen molar-refractivity contribution in [1.82, 2.24) is 9.47 Å². The lowest BCUT2D eigenvalue weighted by Crippen LogP contribution is -2.55. The van der Waals surface area contributed by atoms with Gasteiger partial charge in [-0.05, 0) is 24.8 Å². The van der Waals surface area contributed by atoms with E-state index >= 15 is 0 Å². The van der Waals surface area contributed by atoms with Gasteiger partial charge in [-0.1, -0.05) is 30.3 Å². The lowest BCUT2D eigenvalue weighted by Gasteiger charge is -2.42. The number of quaternary nitrogens is 1. The Morgan fingerprint density at radius 2 is 1.57 bits per heavy atom. The summed E-state index contributed by atoms with van der Waals surface area (Å²) in [6, 6.07) is 16.3. The lowest BCUT2D eigenvalue weighted by atomic mass is 10.0. The topological polar surface area (TPSA) is 12.9 Å². The third-order valence-electron chi connectivity index (χ3n) is 5.41. The first-order valence-corrected chi connectivity index (χ1v) is 8.22. The third kappa shape index (κ3) is 2.28. The highest BCUT2D eigenvalue weighted by atomic mass is 15.4. The Morgan fingerprint density at radius 1 is 0.857 bits per heavy atom. The fraction of sp³-hybridized carbons (Fsp3) is 0.421. The Kier molecular flexibility index (Phi) is 3.27. The van der Waals surface area contributed by atoms with Gasteiger partial charge in [0.15, 0.2) is 0 Å². The molecule has 2 aliphatic rings. The summed E-state index contributed by atoms with van der Waals surface area (Å²) in [7, 11) is 0. The molecule has 1 aliphatic carbocycles. The molecule has 108 valence electrons. The lowest BCUT2D eigenvalue weighted by molar-refractivity contribution is 0.216. The first-order chi connectivity index (χ1) is 10.4. The van der Waals surface area contributed by atoms with Gasteiger partial charge >= 0.3 is 0 Å². The number of hydrogen-bond donors (Lipinski definition) is 0. The van der Waals surface area contributed by atoms with Gasteiger partial charge < -0.3 is 0 Å². The SMILES string of the molecule is c1ccc([C@@H]2C[C@H]2[N+]2(c3ccncc3)CCCCC2)cc1. The Hall–Kier alpha value is -1.67. The van der Waals surface area contributed by atoms with Gasteiger partial charge in [-0.3, -0.25) is 9.47 Å². The van der Waals surface area contributed by atoms with Crippen molar-refractivity contribution < 1.29 is 0 Å². The molecular formula is C19H23N2+. The van der Waals surface area contributed by atoms with Crippen LogP contribution < -0.4 is 4.48 Å². The van der Waals surface area contributed by atoms with Gasteiger partial charge in [0.1, 0.15) is 11.7 Å². The van der Waals surface area contributed by atoms with E-state index in [-0.39, 0.29) is 0 Å².